The molecule has 0 radical (unpaired) electrons. The first kappa shape index (κ1) is 24.6. The first-order chi connectivity index (χ1) is 17.1. The van der Waals surface area contributed by atoms with E-state index in [9.17, 15) is 16.8 Å². The molecule has 0 aliphatic rings. The predicted octanol–water partition coefficient (Wildman–Crippen LogP) is 6.38. The van der Waals surface area contributed by atoms with Gasteiger partial charge in [-0.2, -0.15) is 0 Å². The van der Waals surface area contributed by atoms with Crippen LogP contribution >= 0.6 is 23.2 Å². The average molecular weight is 559 g/mol. The first-order valence-corrected chi connectivity index (χ1v) is 14.8. The maximum absolute atomic E-state index is 13.0. The zero-order valence-corrected chi connectivity index (χ0v) is 21.9. The number of aryl methyl sites for hydroxylation is 1. The van der Waals surface area contributed by atoms with E-state index in [1.165, 1.54) is 18.2 Å². The van der Waals surface area contributed by atoms with Gasteiger partial charge in [0.2, 0.25) is 0 Å². The smallest absolute Gasteiger partial charge is 0.261 e. The third kappa shape index (κ3) is 4.82. The minimum Gasteiger partial charge on any atom is -0.339 e. The number of hydrogen-bond acceptors (Lipinski definition) is 4. The Labute approximate surface area is 219 Å². The average Bonchev–Trinajstić information content (AvgIpc) is 3.15. The molecule has 5 rings (SSSR count). The monoisotopic (exact) mass is 558 g/mol. The highest BCUT2D eigenvalue weighted by molar-refractivity contribution is 7.92. The van der Waals surface area contributed by atoms with Crippen LogP contribution < -0.4 is 4.72 Å². The highest BCUT2D eigenvalue weighted by Crippen LogP contribution is 2.32. The molecule has 1 aromatic heterocycles. The van der Waals surface area contributed by atoms with Gasteiger partial charge >= 0.3 is 0 Å². The van der Waals surface area contributed by atoms with Crippen molar-refractivity contribution in [3.05, 3.63) is 101 Å². The summed E-state index contributed by atoms with van der Waals surface area (Å²) in [7, 11) is -7.42. The van der Waals surface area contributed by atoms with Crippen molar-refractivity contribution in [2.45, 2.75) is 16.3 Å². The number of aromatic nitrogens is 1. The molecule has 0 amide bonds. The standard InChI is InChI=1S/C26H20Cl2N2O4S2/c27-18-14-19(28)16-22(15-18)36(33,34)29-20-10-11-26-24(17-20)23-8-4-5-9-25(23)30(26)12-13-35(31,32)21-6-2-1-3-7-21/h1-11,14-17,29H,12-13H2. The molecule has 0 unspecified atom stereocenters. The molecular formula is C26H20Cl2N2O4S2. The lowest BCUT2D eigenvalue weighted by molar-refractivity contribution is 0.590. The molecule has 0 aliphatic carbocycles. The fourth-order valence-electron chi connectivity index (χ4n) is 4.21. The van der Waals surface area contributed by atoms with Crippen molar-refractivity contribution in [1.82, 2.24) is 4.57 Å². The van der Waals surface area contributed by atoms with Gasteiger partial charge in [-0.25, -0.2) is 16.8 Å². The van der Waals surface area contributed by atoms with Crippen LogP contribution in [-0.4, -0.2) is 27.2 Å². The van der Waals surface area contributed by atoms with Crippen LogP contribution in [0.25, 0.3) is 21.8 Å². The third-order valence-electron chi connectivity index (χ3n) is 5.86. The molecule has 5 aromatic rings. The molecule has 0 atom stereocenters. The van der Waals surface area contributed by atoms with Gasteiger partial charge in [0.15, 0.2) is 9.84 Å². The summed E-state index contributed by atoms with van der Waals surface area (Å²) in [5.41, 5.74) is 2.02. The van der Waals surface area contributed by atoms with E-state index in [1.54, 1.807) is 48.5 Å². The number of nitrogens with one attached hydrogen (secondary N) is 1. The number of halogens is 2. The topological polar surface area (TPSA) is 85.2 Å². The van der Waals surface area contributed by atoms with E-state index in [1.807, 2.05) is 28.8 Å². The zero-order chi connectivity index (χ0) is 25.5. The minimum absolute atomic E-state index is 0.0476. The van der Waals surface area contributed by atoms with Gasteiger partial charge in [-0.15, -0.1) is 0 Å². The van der Waals surface area contributed by atoms with Crippen molar-refractivity contribution in [1.29, 1.82) is 0 Å². The molecule has 0 spiro atoms. The Bertz CT molecular complexity index is 1800. The van der Waals surface area contributed by atoms with Crippen LogP contribution in [0.2, 0.25) is 10.0 Å². The Balaban J connectivity index is 1.52. The number of sulfone groups is 1. The number of sulfonamides is 1. The molecule has 0 saturated carbocycles. The molecule has 10 heteroatoms. The summed E-state index contributed by atoms with van der Waals surface area (Å²) < 4.78 is 56.2. The lowest BCUT2D eigenvalue weighted by Crippen LogP contribution is -2.13. The third-order valence-corrected chi connectivity index (χ3v) is 9.36. The van der Waals surface area contributed by atoms with Crippen LogP contribution in [0, 0.1) is 0 Å². The van der Waals surface area contributed by atoms with E-state index in [0.29, 0.717) is 5.69 Å². The minimum atomic E-state index is -3.94. The summed E-state index contributed by atoms with van der Waals surface area (Å²) >= 11 is 12.0. The van der Waals surface area contributed by atoms with E-state index in [2.05, 4.69) is 4.72 Å². The van der Waals surface area contributed by atoms with E-state index in [0.717, 1.165) is 21.8 Å². The van der Waals surface area contributed by atoms with Gasteiger partial charge in [0.25, 0.3) is 10.0 Å². The van der Waals surface area contributed by atoms with Crippen LogP contribution in [-0.2, 0) is 26.4 Å². The molecule has 6 nitrogen and oxygen atoms in total. The molecular weight excluding hydrogens is 539 g/mol. The van der Waals surface area contributed by atoms with Gasteiger partial charge in [0.1, 0.15) is 0 Å². The lowest BCUT2D eigenvalue weighted by Gasteiger charge is -2.11. The molecule has 1 heterocycles. The fourth-order valence-corrected chi connectivity index (χ4v) is 7.22. The van der Waals surface area contributed by atoms with Crippen LogP contribution in [0.1, 0.15) is 0 Å². The van der Waals surface area contributed by atoms with E-state index in [-0.39, 0.29) is 32.1 Å². The van der Waals surface area contributed by atoms with Gasteiger partial charge in [-0.05, 0) is 54.6 Å². The second kappa shape index (κ2) is 9.44. The van der Waals surface area contributed by atoms with Gasteiger partial charge in [0, 0.05) is 44.1 Å². The summed E-state index contributed by atoms with van der Waals surface area (Å²) in [5, 5.41) is 2.11. The van der Waals surface area contributed by atoms with Crippen LogP contribution in [0.3, 0.4) is 0 Å². The van der Waals surface area contributed by atoms with Crippen LogP contribution in [0.5, 0.6) is 0 Å². The number of anilines is 1. The summed E-state index contributed by atoms with van der Waals surface area (Å²) in [6, 6.07) is 25.3. The molecule has 0 bridgehead atoms. The van der Waals surface area contributed by atoms with Crippen molar-refractivity contribution in [3.63, 3.8) is 0 Å². The van der Waals surface area contributed by atoms with E-state index < -0.39 is 19.9 Å². The second-order valence-corrected chi connectivity index (χ2v) is 12.9. The van der Waals surface area contributed by atoms with Gasteiger partial charge in [-0.3, -0.25) is 4.72 Å². The SMILES string of the molecule is O=S(=O)(CCn1c2ccccc2c2cc(NS(=O)(=O)c3cc(Cl)cc(Cl)c3)ccc21)c1ccccc1. The quantitative estimate of drug-likeness (QED) is 0.251. The Morgan fingerprint density at radius 2 is 1.31 bits per heavy atom. The maximum atomic E-state index is 13.0. The molecule has 0 fully saturated rings. The van der Waals surface area contributed by atoms with Crippen LogP contribution in [0.4, 0.5) is 5.69 Å². The second-order valence-electron chi connectivity index (χ2n) is 8.24. The van der Waals surface area contributed by atoms with E-state index in [4.69, 9.17) is 23.2 Å². The normalized spacial score (nSPS) is 12.3. The molecule has 4 aromatic carbocycles. The fraction of sp³-hybridized carbons (Fsp3) is 0.0769. The Hall–Kier alpha value is -3.04. The van der Waals surface area contributed by atoms with Gasteiger partial charge in [-0.1, -0.05) is 59.6 Å². The van der Waals surface area contributed by atoms with Crippen molar-refractivity contribution in [3.8, 4) is 0 Å². The summed E-state index contributed by atoms with van der Waals surface area (Å²) in [6.45, 7) is 0.243. The zero-order valence-electron chi connectivity index (χ0n) is 18.7. The number of nitrogens with zero attached hydrogens (tertiary/aromatic N) is 1. The summed E-state index contributed by atoms with van der Waals surface area (Å²) in [4.78, 5) is 0.234. The molecule has 0 saturated heterocycles. The largest absolute Gasteiger partial charge is 0.339 e. The van der Waals surface area contributed by atoms with Crippen molar-refractivity contribution < 1.29 is 16.8 Å². The van der Waals surface area contributed by atoms with Crippen molar-refractivity contribution in [2.75, 3.05) is 10.5 Å². The Morgan fingerprint density at radius 1 is 0.667 bits per heavy atom. The predicted molar refractivity (Wildman–Crippen MR) is 145 cm³/mol. The van der Waals surface area contributed by atoms with Gasteiger partial charge in [0.05, 0.1) is 15.5 Å². The number of hydrogen-bond donors (Lipinski definition) is 1. The lowest BCUT2D eigenvalue weighted by atomic mass is 10.1. The van der Waals surface area contributed by atoms with Crippen molar-refractivity contribution in [2.24, 2.45) is 0 Å². The molecule has 36 heavy (non-hydrogen) atoms. The molecule has 0 aliphatic heterocycles. The number of rotatable bonds is 7. The highest BCUT2D eigenvalue weighted by Gasteiger charge is 2.19. The number of fused-ring (bicyclic) bond motifs is 3. The van der Waals surface area contributed by atoms with E-state index >= 15 is 0 Å². The highest BCUT2D eigenvalue weighted by atomic mass is 35.5. The number of para-hydroxylation sites is 1. The Kier molecular flexibility index (Phi) is 6.46. The first-order valence-electron chi connectivity index (χ1n) is 10.9. The Morgan fingerprint density at radius 3 is 2.03 bits per heavy atom. The number of benzene rings is 4. The van der Waals surface area contributed by atoms with Gasteiger partial charge < -0.3 is 4.57 Å². The maximum Gasteiger partial charge on any atom is 0.261 e. The summed E-state index contributed by atoms with van der Waals surface area (Å²) in [5.74, 6) is -0.0747. The molecule has 184 valence electrons. The van der Waals surface area contributed by atoms with Crippen LogP contribution in [0.15, 0.2) is 101 Å². The molecule has 1 N–H and O–H groups in total. The summed E-state index contributed by atoms with van der Waals surface area (Å²) in [6.07, 6.45) is 0. The van der Waals surface area contributed by atoms with Crippen molar-refractivity contribution >= 4 is 70.6 Å².